The Labute approximate surface area is 99.5 Å². The van der Waals surface area contributed by atoms with Crippen molar-refractivity contribution in [1.82, 2.24) is 0 Å². The fourth-order valence-electron chi connectivity index (χ4n) is 2.23. The van der Waals surface area contributed by atoms with Gasteiger partial charge >= 0.3 is 0 Å². The molecule has 0 aliphatic carbocycles. The molecule has 17 heavy (non-hydrogen) atoms. The molecule has 0 aromatic heterocycles. The molecule has 0 saturated heterocycles. The average Bonchev–Trinajstić information content (AvgIpc) is 2.07. The third-order valence-corrected chi connectivity index (χ3v) is 5.08. The largest absolute Gasteiger partial charge is 0.184 e. The van der Waals surface area contributed by atoms with E-state index in [1.54, 1.807) is 20.8 Å². The topological polar surface area (TPSA) is 0 Å². The van der Waals surface area contributed by atoms with E-state index >= 15 is 0 Å². The second-order valence-electron chi connectivity index (χ2n) is 4.93. The maximum absolute atomic E-state index is 13.6. The van der Waals surface area contributed by atoms with Crippen LogP contribution < -0.4 is 0 Å². The number of rotatable bonds is 1. The van der Waals surface area contributed by atoms with E-state index in [4.69, 9.17) is 0 Å². The minimum atomic E-state index is -8.12. The molecule has 0 atom stereocenters. The predicted octanol–water partition coefficient (Wildman–Crippen LogP) is 5.63. The molecule has 1 aromatic carbocycles. The van der Waals surface area contributed by atoms with Gasteiger partial charge in [0.05, 0.1) is 11.2 Å². The summed E-state index contributed by atoms with van der Waals surface area (Å²) in [5.74, 6) is 0. The van der Waals surface area contributed by atoms with Crippen LogP contribution in [0.1, 0.15) is 27.8 Å². The molecule has 0 aliphatic heterocycles. The lowest BCUT2D eigenvalue weighted by molar-refractivity contribution is 0.455. The van der Waals surface area contributed by atoms with Crippen molar-refractivity contribution in [2.24, 2.45) is 0 Å². The smallest absolute Gasteiger partial charge is 0.121 e. The van der Waals surface area contributed by atoms with Gasteiger partial charge in [-0.3, -0.25) is 0 Å². The standard InChI is InChI=1S/C12H18F4S/c1-7-8(2)10(4)12(11(5)9(7)3)17(6,13,14,15)16/h1-6H3. The highest BCUT2D eigenvalue weighted by Crippen LogP contribution is 2.99. The number of halogens is 4. The maximum Gasteiger partial charge on any atom is 0.184 e. The summed E-state index contributed by atoms with van der Waals surface area (Å²) >= 11 is 0. The number of benzene rings is 1. The predicted molar refractivity (Wildman–Crippen MR) is 66.3 cm³/mol. The Hall–Kier alpha value is -0.710. The summed E-state index contributed by atoms with van der Waals surface area (Å²) in [5.41, 5.74) is 1.83. The summed E-state index contributed by atoms with van der Waals surface area (Å²) < 4.78 is 54.5. The Balaban J connectivity index is 3.95. The van der Waals surface area contributed by atoms with E-state index in [1.807, 2.05) is 0 Å². The molecule has 0 N–H and O–H groups in total. The molecule has 1 aromatic rings. The lowest BCUT2D eigenvalue weighted by Gasteiger charge is -2.48. The number of hydrogen-bond donors (Lipinski definition) is 0. The molecule has 0 amide bonds. The van der Waals surface area contributed by atoms with Gasteiger partial charge in [-0.15, -0.1) is 15.5 Å². The monoisotopic (exact) mass is 270 g/mol. The van der Waals surface area contributed by atoms with Crippen LogP contribution in [0.3, 0.4) is 0 Å². The first-order chi connectivity index (χ1) is 7.16. The second-order valence-corrected chi connectivity index (χ2v) is 8.30. The van der Waals surface area contributed by atoms with Crippen LogP contribution in [0.4, 0.5) is 15.5 Å². The minimum absolute atomic E-state index is 0.00441. The van der Waals surface area contributed by atoms with Gasteiger partial charge in [0.15, 0.2) is 9.84 Å². The van der Waals surface area contributed by atoms with Crippen LogP contribution in [0.5, 0.6) is 0 Å². The highest BCUT2D eigenvalue weighted by atomic mass is 32.5. The second kappa shape index (κ2) is 2.99. The number of hydrogen-bond acceptors (Lipinski definition) is 0. The van der Waals surface area contributed by atoms with Gasteiger partial charge in [0, 0.05) is 0 Å². The lowest BCUT2D eigenvalue weighted by Crippen LogP contribution is -2.17. The molecule has 1 rings (SSSR count). The van der Waals surface area contributed by atoms with Gasteiger partial charge in [0.1, 0.15) is 0 Å². The fraction of sp³-hybridized carbons (Fsp3) is 0.500. The molecule has 0 bridgehead atoms. The van der Waals surface area contributed by atoms with Crippen molar-refractivity contribution >= 4 is 9.84 Å². The van der Waals surface area contributed by atoms with Gasteiger partial charge in [-0.2, -0.15) is 0 Å². The van der Waals surface area contributed by atoms with E-state index < -0.39 is 14.7 Å². The van der Waals surface area contributed by atoms with Crippen molar-refractivity contribution < 1.29 is 15.5 Å². The van der Waals surface area contributed by atoms with Crippen LogP contribution in [0, 0.1) is 34.6 Å². The molecule has 0 nitrogen and oxygen atoms in total. The van der Waals surface area contributed by atoms with Gasteiger partial charge < -0.3 is 0 Å². The fourth-order valence-corrected chi connectivity index (χ4v) is 4.08. The Kier molecular flexibility index (Phi) is 2.53. The van der Waals surface area contributed by atoms with Gasteiger partial charge in [0.2, 0.25) is 0 Å². The lowest BCUT2D eigenvalue weighted by atomic mass is 9.95. The Morgan fingerprint density at radius 1 is 0.588 bits per heavy atom. The quantitative estimate of drug-likeness (QED) is 0.580. The van der Waals surface area contributed by atoms with E-state index in [0.29, 0.717) is 11.1 Å². The van der Waals surface area contributed by atoms with Crippen molar-refractivity contribution in [3.05, 3.63) is 27.8 Å². The maximum atomic E-state index is 13.6. The first kappa shape index (κ1) is 14.4. The summed E-state index contributed by atoms with van der Waals surface area (Å²) in [6, 6.07) is 0. The molecule has 0 fully saturated rings. The molecular weight excluding hydrogens is 252 g/mol. The summed E-state index contributed by atoms with van der Waals surface area (Å²) in [4.78, 5) is -1.05. The van der Waals surface area contributed by atoms with Crippen molar-refractivity contribution in [3.63, 3.8) is 0 Å². The Bertz CT molecular complexity index is 468. The molecule has 100 valence electrons. The van der Waals surface area contributed by atoms with E-state index in [0.717, 1.165) is 5.56 Å². The first-order valence-corrected chi connectivity index (χ1v) is 7.69. The molecule has 0 unspecified atom stereocenters. The van der Waals surface area contributed by atoms with E-state index in [-0.39, 0.29) is 17.4 Å². The highest BCUT2D eigenvalue weighted by Gasteiger charge is 2.61. The Morgan fingerprint density at radius 3 is 1.06 bits per heavy atom. The van der Waals surface area contributed by atoms with Crippen molar-refractivity contribution in [1.29, 1.82) is 0 Å². The average molecular weight is 270 g/mol. The molecule has 0 aliphatic rings. The van der Waals surface area contributed by atoms with Crippen LogP contribution in [0.25, 0.3) is 0 Å². The van der Waals surface area contributed by atoms with Crippen LogP contribution >= 0.6 is 9.84 Å². The summed E-state index contributed by atoms with van der Waals surface area (Å²) in [5, 5.41) is 0. The zero-order valence-corrected chi connectivity index (χ0v) is 11.7. The van der Waals surface area contributed by atoms with Gasteiger partial charge in [0.25, 0.3) is 0 Å². The van der Waals surface area contributed by atoms with Crippen LogP contribution in [0.15, 0.2) is 4.90 Å². The summed E-state index contributed by atoms with van der Waals surface area (Å²) in [6.07, 6.45) is -0.205. The molecule has 0 spiro atoms. The zero-order valence-electron chi connectivity index (χ0n) is 10.9. The minimum Gasteiger partial charge on any atom is -0.121 e. The van der Waals surface area contributed by atoms with Gasteiger partial charge in [-0.25, -0.2) is 0 Å². The Morgan fingerprint density at radius 2 is 0.824 bits per heavy atom. The van der Waals surface area contributed by atoms with E-state index in [1.165, 1.54) is 13.8 Å². The first-order valence-electron chi connectivity index (χ1n) is 5.23. The third-order valence-electron chi connectivity index (χ3n) is 3.44. The normalized spacial score (nSPS) is 16.6. The van der Waals surface area contributed by atoms with E-state index in [9.17, 15) is 15.5 Å². The van der Waals surface area contributed by atoms with Crippen LogP contribution in [-0.2, 0) is 0 Å². The molecule has 0 radical (unpaired) electrons. The van der Waals surface area contributed by atoms with Gasteiger partial charge in [-0.05, 0) is 62.4 Å². The van der Waals surface area contributed by atoms with Crippen molar-refractivity contribution in [2.45, 2.75) is 39.5 Å². The summed E-state index contributed by atoms with van der Waals surface area (Å²) in [6.45, 7) is 7.64. The molecular formula is C12H18F4S. The van der Waals surface area contributed by atoms with Gasteiger partial charge in [-0.1, -0.05) is 0 Å². The zero-order chi connectivity index (χ0) is 13.9. The highest BCUT2D eigenvalue weighted by molar-refractivity contribution is 8.49. The molecule has 0 heterocycles. The van der Waals surface area contributed by atoms with E-state index in [2.05, 4.69) is 0 Å². The molecule has 0 saturated carbocycles. The van der Waals surface area contributed by atoms with Crippen LogP contribution in [0.2, 0.25) is 0 Å². The third kappa shape index (κ3) is 2.44. The van der Waals surface area contributed by atoms with Crippen LogP contribution in [-0.4, -0.2) is 6.26 Å². The van der Waals surface area contributed by atoms with Crippen molar-refractivity contribution in [3.8, 4) is 0 Å². The van der Waals surface area contributed by atoms with Crippen molar-refractivity contribution in [2.75, 3.05) is 6.26 Å². The SMILES string of the molecule is Cc1c(C)c(C)c(S(C)(F)(F)(F)F)c(C)c1C. The molecule has 5 heteroatoms. The summed E-state index contributed by atoms with van der Waals surface area (Å²) in [7, 11) is -8.12.